The van der Waals surface area contributed by atoms with Crippen LogP contribution >= 0.6 is 0 Å². The van der Waals surface area contributed by atoms with Crippen LogP contribution in [-0.2, 0) is 0 Å². The highest BCUT2D eigenvalue weighted by molar-refractivity contribution is 5.27. The molecule has 1 aromatic rings. The summed E-state index contributed by atoms with van der Waals surface area (Å²) < 4.78 is 5.57. The number of aromatic nitrogens is 2. The lowest BCUT2D eigenvalue weighted by Crippen LogP contribution is -2.38. The van der Waals surface area contributed by atoms with Gasteiger partial charge in [0.1, 0.15) is 0 Å². The zero-order chi connectivity index (χ0) is 15.1. The molecule has 0 aliphatic carbocycles. The molecule has 1 unspecified atom stereocenters. The van der Waals surface area contributed by atoms with E-state index in [4.69, 9.17) is 4.74 Å². The maximum Gasteiger partial charge on any atom is 0.225 e. The molecule has 0 aromatic carbocycles. The van der Waals surface area contributed by atoms with E-state index < -0.39 is 0 Å². The van der Waals surface area contributed by atoms with Crippen LogP contribution in [0.3, 0.4) is 0 Å². The van der Waals surface area contributed by atoms with Gasteiger partial charge in [0.05, 0.1) is 6.10 Å². The third-order valence-electron chi connectivity index (χ3n) is 3.83. The molecule has 0 amide bonds. The summed E-state index contributed by atoms with van der Waals surface area (Å²) in [4.78, 5) is 11.2. The van der Waals surface area contributed by atoms with E-state index in [1.54, 1.807) is 12.3 Å². The van der Waals surface area contributed by atoms with Gasteiger partial charge >= 0.3 is 0 Å². The van der Waals surface area contributed by atoms with Crippen molar-refractivity contribution in [2.24, 2.45) is 0 Å². The molecule has 1 saturated heterocycles. The van der Waals surface area contributed by atoms with Crippen molar-refractivity contribution in [2.75, 3.05) is 25.0 Å². The number of hydrogen-bond donors (Lipinski definition) is 1. The molecule has 118 valence electrons. The zero-order valence-electron chi connectivity index (χ0n) is 13.5. The Hall–Kier alpha value is -1.36. The predicted octanol–water partition coefficient (Wildman–Crippen LogP) is 2.94. The molecule has 2 rings (SSSR count). The van der Waals surface area contributed by atoms with Gasteiger partial charge in [0, 0.05) is 31.4 Å². The van der Waals surface area contributed by atoms with Gasteiger partial charge < -0.3 is 15.0 Å². The molecule has 2 heterocycles. The Labute approximate surface area is 128 Å². The summed E-state index contributed by atoms with van der Waals surface area (Å²) in [6, 6.07) is 2.53. The Morgan fingerprint density at radius 1 is 1.43 bits per heavy atom. The molecule has 0 spiro atoms. The normalized spacial score (nSPS) is 19.7. The van der Waals surface area contributed by atoms with Crippen LogP contribution in [0.1, 0.15) is 46.5 Å². The summed E-state index contributed by atoms with van der Waals surface area (Å²) >= 11 is 0. The number of nitrogens with zero attached hydrogens (tertiary/aromatic N) is 3. The fourth-order valence-corrected chi connectivity index (χ4v) is 2.71. The monoisotopic (exact) mass is 292 g/mol. The van der Waals surface area contributed by atoms with E-state index in [1.165, 1.54) is 25.8 Å². The number of hydrogen-bond acceptors (Lipinski definition) is 5. The van der Waals surface area contributed by atoms with Gasteiger partial charge in [-0.1, -0.05) is 6.42 Å². The highest BCUT2D eigenvalue weighted by atomic mass is 16.5. The van der Waals surface area contributed by atoms with Crippen molar-refractivity contribution in [1.29, 1.82) is 0 Å². The number of ether oxygens (including phenoxy) is 1. The van der Waals surface area contributed by atoms with Crippen LogP contribution in [0.15, 0.2) is 12.3 Å². The van der Waals surface area contributed by atoms with Crippen molar-refractivity contribution in [3.63, 3.8) is 0 Å². The summed E-state index contributed by atoms with van der Waals surface area (Å²) in [5.74, 6) is 1.28. The SMILES string of the molecule is CC(C)Oc1ccnc(NCCCN2CCCCC2C)n1. The van der Waals surface area contributed by atoms with Gasteiger partial charge in [0.25, 0.3) is 0 Å². The fraction of sp³-hybridized carbons (Fsp3) is 0.750. The number of rotatable bonds is 7. The second-order valence-corrected chi connectivity index (χ2v) is 6.05. The van der Waals surface area contributed by atoms with Gasteiger partial charge in [0.2, 0.25) is 11.8 Å². The van der Waals surface area contributed by atoms with Gasteiger partial charge in [0.15, 0.2) is 0 Å². The Morgan fingerprint density at radius 2 is 2.29 bits per heavy atom. The molecule has 1 fully saturated rings. The van der Waals surface area contributed by atoms with Gasteiger partial charge in [-0.2, -0.15) is 4.98 Å². The first-order valence-electron chi connectivity index (χ1n) is 8.13. The molecule has 21 heavy (non-hydrogen) atoms. The van der Waals surface area contributed by atoms with Crippen LogP contribution in [0, 0.1) is 0 Å². The third kappa shape index (κ3) is 5.50. The van der Waals surface area contributed by atoms with Crippen molar-refractivity contribution in [3.8, 4) is 5.88 Å². The molecule has 1 aliphatic rings. The Bertz CT molecular complexity index is 424. The molecular weight excluding hydrogens is 264 g/mol. The van der Waals surface area contributed by atoms with Crippen LogP contribution in [0.5, 0.6) is 5.88 Å². The van der Waals surface area contributed by atoms with Crippen LogP contribution in [-0.4, -0.2) is 46.6 Å². The van der Waals surface area contributed by atoms with Gasteiger partial charge in [-0.15, -0.1) is 0 Å². The standard InChI is InChI=1S/C16H28N4O/c1-13(2)21-15-8-10-18-16(19-15)17-9-6-12-20-11-5-4-7-14(20)3/h8,10,13-14H,4-7,9,11-12H2,1-3H3,(H,17,18,19). The van der Waals surface area contributed by atoms with Crippen molar-refractivity contribution >= 4 is 5.95 Å². The second-order valence-electron chi connectivity index (χ2n) is 6.05. The Kier molecular flexibility index (Phi) is 6.23. The summed E-state index contributed by atoms with van der Waals surface area (Å²) in [5.41, 5.74) is 0. The molecule has 1 atom stereocenters. The van der Waals surface area contributed by atoms with Gasteiger partial charge in [-0.05, 0) is 46.6 Å². The highest BCUT2D eigenvalue weighted by Crippen LogP contribution is 2.16. The molecule has 5 nitrogen and oxygen atoms in total. The van der Waals surface area contributed by atoms with Crippen LogP contribution < -0.4 is 10.1 Å². The first kappa shape index (κ1) is 16.0. The van der Waals surface area contributed by atoms with Crippen molar-refractivity contribution in [2.45, 2.75) is 58.6 Å². The topological polar surface area (TPSA) is 50.3 Å². The summed E-state index contributed by atoms with van der Waals surface area (Å²) in [7, 11) is 0. The van der Waals surface area contributed by atoms with E-state index in [9.17, 15) is 0 Å². The van der Waals surface area contributed by atoms with E-state index in [-0.39, 0.29) is 6.10 Å². The minimum Gasteiger partial charge on any atom is -0.475 e. The number of anilines is 1. The van der Waals surface area contributed by atoms with E-state index >= 15 is 0 Å². The molecule has 1 aliphatic heterocycles. The Morgan fingerprint density at radius 3 is 3.05 bits per heavy atom. The second kappa shape index (κ2) is 8.17. The van der Waals surface area contributed by atoms with E-state index in [1.807, 2.05) is 13.8 Å². The van der Waals surface area contributed by atoms with Crippen molar-refractivity contribution in [3.05, 3.63) is 12.3 Å². The van der Waals surface area contributed by atoms with Crippen molar-refractivity contribution < 1.29 is 4.74 Å². The van der Waals surface area contributed by atoms with Crippen LogP contribution in [0.2, 0.25) is 0 Å². The number of likely N-dealkylation sites (tertiary alicyclic amines) is 1. The average molecular weight is 292 g/mol. The minimum atomic E-state index is 0.133. The van der Waals surface area contributed by atoms with Crippen molar-refractivity contribution in [1.82, 2.24) is 14.9 Å². The lowest BCUT2D eigenvalue weighted by atomic mass is 10.0. The fourth-order valence-electron chi connectivity index (χ4n) is 2.71. The molecule has 0 radical (unpaired) electrons. The van der Waals surface area contributed by atoms with E-state index in [0.717, 1.165) is 25.6 Å². The largest absolute Gasteiger partial charge is 0.475 e. The van der Waals surface area contributed by atoms with E-state index in [2.05, 4.69) is 27.1 Å². The minimum absolute atomic E-state index is 0.133. The molecule has 1 aromatic heterocycles. The maximum absolute atomic E-state index is 5.57. The highest BCUT2D eigenvalue weighted by Gasteiger charge is 2.17. The summed E-state index contributed by atoms with van der Waals surface area (Å²) in [6.07, 6.45) is 7.05. The van der Waals surface area contributed by atoms with Gasteiger partial charge in [-0.25, -0.2) is 4.98 Å². The number of nitrogens with one attached hydrogen (secondary N) is 1. The Balaban J connectivity index is 1.70. The first-order chi connectivity index (χ1) is 10.1. The third-order valence-corrected chi connectivity index (χ3v) is 3.83. The maximum atomic E-state index is 5.57. The summed E-state index contributed by atoms with van der Waals surface area (Å²) in [6.45, 7) is 9.62. The molecule has 5 heteroatoms. The first-order valence-corrected chi connectivity index (χ1v) is 8.13. The molecule has 1 N–H and O–H groups in total. The molecular formula is C16H28N4O. The predicted molar refractivity (Wildman–Crippen MR) is 85.8 cm³/mol. The van der Waals surface area contributed by atoms with E-state index in [0.29, 0.717) is 11.8 Å². The van der Waals surface area contributed by atoms with Crippen LogP contribution in [0.25, 0.3) is 0 Å². The smallest absolute Gasteiger partial charge is 0.225 e. The average Bonchev–Trinajstić information content (AvgIpc) is 2.45. The lowest BCUT2D eigenvalue weighted by Gasteiger charge is -2.33. The molecule has 0 saturated carbocycles. The zero-order valence-corrected chi connectivity index (χ0v) is 13.5. The summed E-state index contributed by atoms with van der Waals surface area (Å²) in [5, 5.41) is 3.28. The quantitative estimate of drug-likeness (QED) is 0.783. The lowest BCUT2D eigenvalue weighted by molar-refractivity contribution is 0.160. The van der Waals surface area contributed by atoms with Crippen LogP contribution in [0.4, 0.5) is 5.95 Å². The number of piperidine rings is 1. The molecule has 0 bridgehead atoms. The van der Waals surface area contributed by atoms with Gasteiger partial charge in [-0.3, -0.25) is 0 Å².